The number of rotatable bonds is 3. The lowest BCUT2D eigenvalue weighted by Gasteiger charge is -2.15. The summed E-state index contributed by atoms with van der Waals surface area (Å²) in [5.41, 5.74) is 0.496. The van der Waals surface area contributed by atoms with Crippen molar-refractivity contribution in [2.45, 2.75) is 44.6 Å². The van der Waals surface area contributed by atoms with E-state index in [0.29, 0.717) is 18.0 Å². The molecule has 2 rings (SSSR count). The van der Waals surface area contributed by atoms with Crippen LogP contribution in [0.15, 0.2) is 18.2 Å². The van der Waals surface area contributed by atoms with Gasteiger partial charge in [0.2, 0.25) is 0 Å². The second-order valence-electron chi connectivity index (χ2n) is 4.77. The molecule has 1 nitrogen and oxygen atoms in total. The zero-order valence-electron chi connectivity index (χ0n) is 10.0. The van der Waals surface area contributed by atoms with Crippen LogP contribution in [-0.2, 0) is 6.42 Å². The van der Waals surface area contributed by atoms with Crippen LogP contribution < -0.4 is 5.32 Å². The number of hydrogen-bond donors (Lipinski definition) is 1. The van der Waals surface area contributed by atoms with E-state index in [4.69, 9.17) is 0 Å². The van der Waals surface area contributed by atoms with Gasteiger partial charge in [-0.1, -0.05) is 12.8 Å². The van der Waals surface area contributed by atoms with Crippen molar-refractivity contribution in [3.8, 4) is 0 Å². The molecule has 0 aromatic heterocycles. The molecule has 1 aliphatic heterocycles. The van der Waals surface area contributed by atoms with Crippen LogP contribution in [0.25, 0.3) is 0 Å². The highest BCUT2D eigenvalue weighted by molar-refractivity contribution is 5.18. The van der Waals surface area contributed by atoms with Crippen molar-refractivity contribution >= 4 is 0 Å². The number of benzene rings is 1. The molecule has 0 aliphatic carbocycles. The summed E-state index contributed by atoms with van der Waals surface area (Å²) in [6, 6.07) is 4.15. The maximum atomic E-state index is 13.4. The molecule has 1 fully saturated rings. The number of aryl methyl sites for hydroxylation is 1. The number of hydrogen-bond acceptors (Lipinski definition) is 1. The van der Waals surface area contributed by atoms with Gasteiger partial charge in [0.25, 0.3) is 0 Å². The summed E-state index contributed by atoms with van der Waals surface area (Å²) >= 11 is 0. The zero-order valence-corrected chi connectivity index (χ0v) is 10.0. The van der Waals surface area contributed by atoms with E-state index in [9.17, 15) is 8.78 Å². The molecule has 1 N–H and O–H groups in total. The van der Waals surface area contributed by atoms with Crippen molar-refractivity contribution in [3.63, 3.8) is 0 Å². The van der Waals surface area contributed by atoms with Crippen LogP contribution >= 0.6 is 0 Å². The first-order valence-corrected chi connectivity index (χ1v) is 6.43. The molecule has 0 spiro atoms. The average molecular weight is 239 g/mol. The lowest BCUT2D eigenvalue weighted by Crippen LogP contribution is -2.28. The molecule has 1 aromatic rings. The monoisotopic (exact) mass is 239 g/mol. The first-order valence-electron chi connectivity index (χ1n) is 6.43. The molecule has 1 heterocycles. The van der Waals surface area contributed by atoms with E-state index in [1.54, 1.807) is 0 Å². The minimum atomic E-state index is -0.352. The van der Waals surface area contributed by atoms with Crippen LogP contribution in [0.5, 0.6) is 0 Å². The lowest BCUT2D eigenvalue weighted by atomic mass is 10.0. The van der Waals surface area contributed by atoms with Gasteiger partial charge in [-0.2, -0.15) is 0 Å². The normalized spacial score (nSPS) is 21.2. The Bertz CT molecular complexity index is 357. The molecule has 0 radical (unpaired) electrons. The van der Waals surface area contributed by atoms with Gasteiger partial charge in [0.05, 0.1) is 0 Å². The van der Waals surface area contributed by atoms with Gasteiger partial charge >= 0.3 is 0 Å². The van der Waals surface area contributed by atoms with Crippen molar-refractivity contribution < 1.29 is 8.78 Å². The van der Waals surface area contributed by atoms with Gasteiger partial charge in [0, 0.05) is 6.04 Å². The van der Waals surface area contributed by atoms with Crippen LogP contribution in [0.1, 0.15) is 37.7 Å². The lowest BCUT2D eigenvalue weighted by molar-refractivity contribution is 0.472. The van der Waals surface area contributed by atoms with Crippen molar-refractivity contribution in [2.75, 3.05) is 6.54 Å². The molecule has 1 aliphatic rings. The van der Waals surface area contributed by atoms with Crippen molar-refractivity contribution in [1.82, 2.24) is 5.32 Å². The predicted octanol–water partition coefficient (Wildman–Crippen LogP) is 3.43. The molecule has 0 amide bonds. The Balaban J connectivity index is 1.89. The maximum Gasteiger partial charge on any atom is 0.126 e. The van der Waals surface area contributed by atoms with Gasteiger partial charge in [-0.15, -0.1) is 0 Å². The molecule has 17 heavy (non-hydrogen) atoms. The van der Waals surface area contributed by atoms with Gasteiger partial charge in [0.15, 0.2) is 0 Å². The standard InChI is InChI=1S/C14H19F2N/c15-12-6-8-14(16)11(10-12)5-7-13-4-2-1-3-9-17-13/h6,8,10,13,17H,1-5,7,9H2. The molecular weight excluding hydrogens is 220 g/mol. The highest BCUT2D eigenvalue weighted by Gasteiger charge is 2.12. The van der Waals surface area contributed by atoms with E-state index in [0.717, 1.165) is 19.4 Å². The second-order valence-corrected chi connectivity index (χ2v) is 4.77. The van der Waals surface area contributed by atoms with Gasteiger partial charge in [-0.05, 0) is 56.0 Å². The van der Waals surface area contributed by atoms with E-state index in [2.05, 4.69) is 5.32 Å². The highest BCUT2D eigenvalue weighted by atomic mass is 19.1. The zero-order chi connectivity index (χ0) is 12.1. The summed E-state index contributed by atoms with van der Waals surface area (Å²) in [4.78, 5) is 0. The largest absolute Gasteiger partial charge is 0.314 e. The molecule has 1 atom stereocenters. The van der Waals surface area contributed by atoms with Crippen molar-refractivity contribution in [2.24, 2.45) is 0 Å². The quantitative estimate of drug-likeness (QED) is 0.852. The molecule has 1 aromatic carbocycles. The van der Waals surface area contributed by atoms with Gasteiger partial charge < -0.3 is 5.32 Å². The fourth-order valence-corrected chi connectivity index (χ4v) is 2.41. The summed E-state index contributed by atoms with van der Waals surface area (Å²) in [5.74, 6) is -0.643. The number of halogens is 2. The fourth-order valence-electron chi connectivity index (χ4n) is 2.41. The van der Waals surface area contributed by atoms with Crippen LogP contribution in [0.2, 0.25) is 0 Å². The molecule has 1 unspecified atom stereocenters. The van der Waals surface area contributed by atoms with Crippen LogP contribution in [0, 0.1) is 11.6 Å². The summed E-state index contributed by atoms with van der Waals surface area (Å²) < 4.78 is 26.4. The Morgan fingerprint density at radius 1 is 1.18 bits per heavy atom. The third-order valence-electron chi connectivity index (χ3n) is 3.43. The average Bonchev–Trinajstić information content (AvgIpc) is 2.59. The Labute approximate surface area is 101 Å². The van der Waals surface area contributed by atoms with Crippen LogP contribution in [-0.4, -0.2) is 12.6 Å². The predicted molar refractivity (Wildman–Crippen MR) is 64.9 cm³/mol. The van der Waals surface area contributed by atoms with Crippen molar-refractivity contribution in [3.05, 3.63) is 35.4 Å². The summed E-state index contributed by atoms with van der Waals surface area (Å²) in [7, 11) is 0. The molecular formula is C14H19F2N. The Hall–Kier alpha value is -0.960. The Kier molecular flexibility index (Phi) is 4.49. The van der Waals surface area contributed by atoms with Crippen molar-refractivity contribution in [1.29, 1.82) is 0 Å². The number of nitrogens with one attached hydrogen (secondary N) is 1. The van der Waals surface area contributed by atoms with E-state index >= 15 is 0 Å². The fraction of sp³-hybridized carbons (Fsp3) is 0.571. The van der Waals surface area contributed by atoms with E-state index in [1.807, 2.05) is 0 Å². The highest BCUT2D eigenvalue weighted by Crippen LogP contribution is 2.16. The summed E-state index contributed by atoms with van der Waals surface area (Å²) in [6.07, 6.45) is 6.39. The van der Waals surface area contributed by atoms with Crippen LogP contribution in [0.4, 0.5) is 8.78 Å². The van der Waals surface area contributed by atoms with E-state index < -0.39 is 0 Å². The summed E-state index contributed by atoms with van der Waals surface area (Å²) in [6.45, 7) is 1.05. The third-order valence-corrected chi connectivity index (χ3v) is 3.43. The molecule has 1 saturated heterocycles. The maximum absolute atomic E-state index is 13.4. The van der Waals surface area contributed by atoms with E-state index in [1.165, 1.54) is 37.5 Å². The smallest absolute Gasteiger partial charge is 0.126 e. The van der Waals surface area contributed by atoms with Crippen LogP contribution in [0.3, 0.4) is 0 Å². The first kappa shape index (κ1) is 12.5. The SMILES string of the molecule is Fc1ccc(F)c(CCC2CCCCCN2)c1. The van der Waals surface area contributed by atoms with Gasteiger partial charge in [0.1, 0.15) is 11.6 Å². The molecule has 0 bridgehead atoms. The third kappa shape index (κ3) is 3.77. The minimum absolute atomic E-state index is 0.292. The summed E-state index contributed by atoms with van der Waals surface area (Å²) in [5, 5.41) is 3.47. The Morgan fingerprint density at radius 3 is 2.94 bits per heavy atom. The van der Waals surface area contributed by atoms with E-state index in [-0.39, 0.29) is 11.6 Å². The van der Waals surface area contributed by atoms with Gasteiger partial charge in [-0.3, -0.25) is 0 Å². The second kappa shape index (κ2) is 6.10. The Morgan fingerprint density at radius 2 is 2.06 bits per heavy atom. The molecule has 3 heteroatoms. The topological polar surface area (TPSA) is 12.0 Å². The molecule has 94 valence electrons. The van der Waals surface area contributed by atoms with Gasteiger partial charge in [-0.25, -0.2) is 8.78 Å². The minimum Gasteiger partial charge on any atom is -0.314 e. The first-order chi connectivity index (χ1) is 8.25. The molecule has 0 saturated carbocycles.